The van der Waals surface area contributed by atoms with E-state index in [0.717, 1.165) is 25.9 Å². The van der Waals surface area contributed by atoms with Gasteiger partial charge in [-0.25, -0.2) is 0 Å². The normalized spacial score (nSPS) is 18.1. The summed E-state index contributed by atoms with van der Waals surface area (Å²) >= 11 is 0. The number of carbonyl (C=O) groups is 1. The third-order valence-electron chi connectivity index (χ3n) is 3.23. The summed E-state index contributed by atoms with van der Waals surface area (Å²) in [7, 11) is 4.19. The predicted octanol–water partition coefficient (Wildman–Crippen LogP) is 0.576. The molecule has 1 N–H and O–H groups in total. The van der Waals surface area contributed by atoms with E-state index < -0.39 is 0 Å². The highest BCUT2D eigenvalue weighted by molar-refractivity contribution is 5.93. The van der Waals surface area contributed by atoms with Crippen LogP contribution in [0.15, 0.2) is 12.4 Å². The Morgan fingerprint density at radius 1 is 1.50 bits per heavy atom. The van der Waals surface area contributed by atoms with Gasteiger partial charge in [0.1, 0.15) is 0 Å². The molecule has 0 atom stereocenters. The lowest BCUT2D eigenvalue weighted by Crippen LogP contribution is -2.44. The molecule has 1 aliphatic rings. The molecule has 2 heterocycles. The maximum absolute atomic E-state index is 12.0. The van der Waals surface area contributed by atoms with Crippen molar-refractivity contribution in [2.24, 2.45) is 0 Å². The van der Waals surface area contributed by atoms with E-state index in [4.69, 9.17) is 0 Å². The van der Waals surface area contributed by atoms with Crippen molar-refractivity contribution in [1.29, 1.82) is 0 Å². The van der Waals surface area contributed by atoms with Crippen molar-refractivity contribution >= 4 is 5.91 Å². The fourth-order valence-corrected chi connectivity index (χ4v) is 2.14. The van der Waals surface area contributed by atoms with Crippen LogP contribution in [-0.2, 0) is 0 Å². The highest BCUT2D eigenvalue weighted by Gasteiger charge is 2.24. The predicted molar refractivity (Wildman–Crippen MR) is 61.2 cm³/mol. The number of aromatic nitrogens is 2. The average Bonchev–Trinajstić information content (AvgIpc) is 2.81. The Morgan fingerprint density at radius 3 is 2.69 bits per heavy atom. The SMILES string of the molecule is CN(C)C1CCN(C(=O)c2cn[nH]c2)CC1. The van der Waals surface area contributed by atoms with Crippen LogP contribution in [0.4, 0.5) is 0 Å². The smallest absolute Gasteiger partial charge is 0.257 e. The van der Waals surface area contributed by atoms with Gasteiger partial charge in [0.05, 0.1) is 11.8 Å². The molecule has 0 bridgehead atoms. The summed E-state index contributed by atoms with van der Waals surface area (Å²) in [6.07, 6.45) is 5.34. The molecule has 0 aliphatic carbocycles. The van der Waals surface area contributed by atoms with Gasteiger partial charge >= 0.3 is 0 Å². The van der Waals surface area contributed by atoms with Crippen molar-refractivity contribution < 1.29 is 4.79 Å². The molecule has 5 nitrogen and oxygen atoms in total. The molecule has 16 heavy (non-hydrogen) atoms. The minimum Gasteiger partial charge on any atom is -0.338 e. The van der Waals surface area contributed by atoms with Gasteiger partial charge in [-0.3, -0.25) is 9.89 Å². The number of likely N-dealkylation sites (tertiary alicyclic amines) is 1. The zero-order chi connectivity index (χ0) is 11.5. The summed E-state index contributed by atoms with van der Waals surface area (Å²) in [5.41, 5.74) is 0.656. The molecule has 1 fully saturated rings. The number of piperidine rings is 1. The molecule has 0 unspecified atom stereocenters. The third-order valence-corrected chi connectivity index (χ3v) is 3.23. The van der Waals surface area contributed by atoms with Crippen molar-refractivity contribution in [1.82, 2.24) is 20.0 Å². The molecule has 0 spiro atoms. The molecule has 1 aliphatic heterocycles. The Labute approximate surface area is 95.4 Å². The van der Waals surface area contributed by atoms with Crippen LogP contribution in [0.5, 0.6) is 0 Å². The number of nitrogens with one attached hydrogen (secondary N) is 1. The molecule has 0 saturated carbocycles. The lowest BCUT2D eigenvalue weighted by Gasteiger charge is -2.35. The molecule has 1 amide bonds. The molecule has 1 aromatic rings. The Morgan fingerprint density at radius 2 is 2.19 bits per heavy atom. The molecular formula is C11H18N4O. The van der Waals surface area contributed by atoms with Gasteiger partial charge < -0.3 is 9.80 Å². The highest BCUT2D eigenvalue weighted by Crippen LogP contribution is 2.16. The standard InChI is InChI=1S/C11H18N4O/c1-14(2)10-3-5-15(6-4-10)11(16)9-7-12-13-8-9/h7-8,10H,3-6H2,1-2H3,(H,12,13). The number of aromatic amines is 1. The van der Waals surface area contributed by atoms with Gasteiger partial charge in [-0.1, -0.05) is 0 Å². The Balaban J connectivity index is 1.92. The van der Waals surface area contributed by atoms with E-state index in [2.05, 4.69) is 29.2 Å². The summed E-state index contributed by atoms with van der Waals surface area (Å²) < 4.78 is 0. The lowest BCUT2D eigenvalue weighted by molar-refractivity contribution is 0.0663. The maximum atomic E-state index is 12.0. The fraction of sp³-hybridized carbons (Fsp3) is 0.636. The Kier molecular flexibility index (Phi) is 3.24. The van der Waals surface area contributed by atoms with Crippen molar-refractivity contribution in [2.75, 3.05) is 27.2 Å². The molecule has 0 aromatic carbocycles. The van der Waals surface area contributed by atoms with E-state index in [0.29, 0.717) is 11.6 Å². The first-order valence-corrected chi connectivity index (χ1v) is 5.63. The van der Waals surface area contributed by atoms with Gasteiger partial charge in [-0.15, -0.1) is 0 Å². The monoisotopic (exact) mass is 222 g/mol. The number of amides is 1. The second-order valence-electron chi connectivity index (χ2n) is 4.47. The third kappa shape index (κ3) is 2.24. The average molecular weight is 222 g/mol. The summed E-state index contributed by atoms with van der Waals surface area (Å²) in [6.45, 7) is 1.68. The number of nitrogens with zero attached hydrogens (tertiary/aromatic N) is 3. The highest BCUT2D eigenvalue weighted by atomic mass is 16.2. The zero-order valence-electron chi connectivity index (χ0n) is 9.81. The van der Waals surface area contributed by atoms with Crippen LogP contribution in [0, 0.1) is 0 Å². The first kappa shape index (κ1) is 11.1. The summed E-state index contributed by atoms with van der Waals surface area (Å²) in [6, 6.07) is 0.605. The number of H-pyrrole nitrogens is 1. The van der Waals surface area contributed by atoms with Crippen LogP contribution in [0.25, 0.3) is 0 Å². The molecule has 5 heteroatoms. The van der Waals surface area contributed by atoms with Crippen LogP contribution in [0.1, 0.15) is 23.2 Å². The van der Waals surface area contributed by atoms with Gasteiger partial charge in [-0.2, -0.15) is 5.10 Å². The van der Waals surface area contributed by atoms with Gasteiger partial charge in [0.2, 0.25) is 0 Å². The van der Waals surface area contributed by atoms with Crippen LogP contribution >= 0.6 is 0 Å². The van der Waals surface area contributed by atoms with Crippen molar-refractivity contribution in [3.05, 3.63) is 18.0 Å². The van der Waals surface area contributed by atoms with Crippen LogP contribution in [0.2, 0.25) is 0 Å². The number of hydrogen-bond acceptors (Lipinski definition) is 3. The molecule has 88 valence electrons. The second-order valence-corrected chi connectivity index (χ2v) is 4.47. The van der Waals surface area contributed by atoms with E-state index in [9.17, 15) is 4.79 Å². The Hall–Kier alpha value is -1.36. The Bertz CT molecular complexity index is 339. The molecule has 1 saturated heterocycles. The summed E-state index contributed by atoms with van der Waals surface area (Å²) in [5.74, 6) is 0.0888. The topological polar surface area (TPSA) is 52.2 Å². The second kappa shape index (κ2) is 4.65. The van der Waals surface area contributed by atoms with Crippen LogP contribution in [-0.4, -0.2) is 59.1 Å². The van der Waals surface area contributed by atoms with Crippen LogP contribution < -0.4 is 0 Å². The molecule has 2 rings (SSSR count). The van der Waals surface area contributed by atoms with E-state index in [1.54, 1.807) is 12.4 Å². The molecule has 1 aromatic heterocycles. The van der Waals surface area contributed by atoms with Gasteiger partial charge in [0.15, 0.2) is 0 Å². The van der Waals surface area contributed by atoms with Crippen LogP contribution in [0.3, 0.4) is 0 Å². The summed E-state index contributed by atoms with van der Waals surface area (Å²) in [5, 5.41) is 6.47. The maximum Gasteiger partial charge on any atom is 0.257 e. The van der Waals surface area contributed by atoms with E-state index in [1.807, 2.05) is 4.90 Å². The largest absolute Gasteiger partial charge is 0.338 e. The minimum absolute atomic E-state index is 0.0888. The zero-order valence-corrected chi connectivity index (χ0v) is 9.81. The quantitative estimate of drug-likeness (QED) is 0.796. The van der Waals surface area contributed by atoms with Crippen molar-refractivity contribution in [3.8, 4) is 0 Å². The minimum atomic E-state index is 0.0888. The van der Waals surface area contributed by atoms with E-state index >= 15 is 0 Å². The van der Waals surface area contributed by atoms with Gasteiger partial charge in [0.25, 0.3) is 5.91 Å². The number of carbonyl (C=O) groups excluding carboxylic acids is 1. The van der Waals surface area contributed by atoms with Crippen molar-refractivity contribution in [3.63, 3.8) is 0 Å². The first-order chi connectivity index (χ1) is 7.68. The molecular weight excluding hydrogens is 204 g/mol. The van der Waals surface area contributed by atoms with Crippen molar-refractivity contribution in [2.45, 2.75) is 18.9 Å². The first-order valence-electron chi connectivity index (χ1n) is 5.63. The lowest BCUT2D eigenvalue weighted by atomic mass is 10.0. The van der Waals surface area contributed by atoms with E-state index in [1.165, 1.54) is 0 Å². The fourth-order valence-electron chi connectivity index (χ4n) is 2.14. The molecule has 0 radical (unpaired) electrons. The number of hydrogen-bond donors (Lipinski definition) is 1. The van der Waals surface area contributed by atoms with Gasteiger partial charge in [-0.05, 0) is 26.9 Å². The van der Waals surface area contributed by atoms with Gasteiger partial charge in [0, 0.05) is 25.3 Å². The number of rotatable bonds is 2. The van der Waals surface area contributed by atoms with E-state index in [-0.39, 0.29) is 5.91 Å². The summed E-state index contributed by atoms with van der Waals surface area (Å²) in [4.78, 5) is 16.1.